The van der Waals surface area contributed by atoms with Crippen molar-refractivity contribution in [3.8, 4) is 6.07 Å². The van der Waals surface area contributed by atoms with Gasteiger partial charge in [0.2, 0.25) is 10.0 Å². The molecular weight excluding hydrogens is 370 g/mol. The van der Waals surface area contributed by atoms with Gasteiger partial charge in [-0.25, -0.2) is 13.2 Å². The van der Waals surface area contributed by atoms with E-state index in [0.29, 0.717) is 13.1 Å². The maximum Gasteiger partial charge on any atom is 0.338 e. The predicted octanol–water partition coefficient (Wildman–Crippen LogP) is 1.39. The highest BCUT2D eigenvalue weighted by Crippen LogP contribution is 2.21. The Kier molecular flexibility index (Phi) is 7.33. The van der Waals surface area contributed by atoms with Crippen LogP contribution in [0.15, 0.2) is 29.2 Å². The van der Waals surface area contributed by atoms with E-state index in [-0.39, 0.29) is 23.4 Å². The fourth-order valence-electron chi connectivity index (χ4n) is 2.70. The molecule has 1 aromatic carbocycles. The van der Waals surface area contributed by atoms with Gasteiger partial charge >= 0.3 is 5.97 Å². The smallest absolute Gasteiger partial charge is 0.338 e. The number of nitriles is 1. The molecule has 0 unspecified atom stereocenters. The minimum absolute atomic E-state index is 0.0383. The Morgan fingerprint density at radius 1 is 1.26 bits per heavy atom. The molecule has 0 radical (unpaired) electrons. The molecule has 1 fully saturated rings. The van der Waals surface area contributed by atoms with Crippen molar-refractivity contribution < 1.29 is 22.7 Å². The standard InChI is InChI=1S/C18H23N3O5S/c1-20(10-6-9-19)17(22)14-26-18(23)15-7-5-8-16(13-15)27(24,25)21-11-3-2-4-12-21/h5,7-8,13H,2-4,6,10-12,14H2,1H3. The number of amides is 1. The molecule has 1 saturated heterocycles. The number of ether oxygens (including phenoxy) is 1. The first-order valence-electron chi connectivity index (χ1n) is 8.74. The Labute approximate surface area is 159 Å². The van der Waals surface area contributed by atoms with Crippen LogP contribution in [0.1, 0.15) is 36.0 Å². The lowest BCUT2D eigenvalue weighted by Crippen LogP contribution is -2.35. The summed E-state index contributed by atoms with van der Waals surface area (Å²) in [6.45, 7) is 0.724. The summed E-state index contributed by atoms with van der Waals surface area (Å²) >= 11 is 0. The highest BCUT2D eigenvalue weighted by molar-refractivity contribution is 7.89. The molecule has 0 aliphatic carbocycles. The molecular formula is C18H23N3O5S. The summed E-state index contributed by atoms with van der Waals surface area (Å²) in [4.78, 5) is 25.4. The molecule has 8 nitrogen and oxygen atoms in total. The van der Waals surface area contributed by atoms with Gasteiger partial charge in [-0.1, -0.05) is 12.5 Å². The third-order valence-electron chi connectivity index (χ3n) is 4.33. The van der Waals surface area contributed by atoms with Gasteiger partial charge in [0.25, 0.3) is 5.91 Å². The number of carbonyl (C=O) groups excluding carboxylic acids is 2. The third-order valence-corrected chi connectivity index (χ3v) is 6.23. The number of hydrogen-bond donors (Lipinski definition) is 0. The molecule has 0 saturated carbocycles. The molecule has 1 heterocycles. The van der Waals surface area contributed by atoms with Crippen molar-refractivity contribution in [2.45, 2.75) is 30.6 Å². The molecule has 9 heteroatoms. The van der Waals surface area contributed by atoms with Gasteiger partial charge in [0.15, 0.2) is 6.61 Å². The third kappa shape index (κ3) is 5.52. The molecule has 0 bridgehead atoms. The van der Waals surface area contributed by atoms with E-state index in [1.165, 1.54) is 40.5 Å². The van der Waals surface area contributed by atoms with E-state index < -0.39 is 28.5 Å². The van der Waals surface area contributed by atoms with Crippen LogP contribution in [-0.4, -0.2) is 62.8 Å². The van der Waals surface area contributed by atoms with Crippen LogP contribution in [0.25, 0.3) is 0 Å². The van der Waals surface area contributed by atoms with Crippen LogP contribution >= 0.6 is 0 Å². The Morgan fingerprint density at radius 2 is 1.96 bits per heavy atom. The molecule has 2 rings (SSSR count). The quantitative estimate of drug-likeness (QED) is 0.648. The summed E-state index contributed by atoms with van der Waals surface area (Å²) in [6.07, 6.45) is 2.84. The Balaban J connectivity index is 2.03. The van der Waals surface area contributed by atoms with E-state index in [1.807, 2.05) is 6.07 Å². The van der Waals surface area contributed by atoms with Gasteiger partial charge in [-0.05, 0) is 31.0 Å². The number of esters is 1. The molecule has 0 N–H and O–H groups in total. The number of sulfonamides is 1. The first-order chi connectivity index (χ1) is 12.9. The first kappa shape index (κ1) is 20.9. The average molecular weight is 393 g/mol. The first-order valence-corrected chi connectivity index (χ1v) is 10.2. The minimum atomic E-state index is -3.65. The average Bonchev–Trinajstić information content (AvgIpc) is 2.70. The lowest BCUT2D eigenvalue weighted by Gasteiger charge is -2.26. The summed E-state index contributed by atoms with van der Waals surface area (Å²) in [5.41, 5.74) is 0.0700. The highest BCUT2D eigenvalue weighted by atomic mass is 32.2. The molecule has 1 aliphatic heterocycles. The molecule has 27 heavy (non-hydrogen) atoms. The zero-order valence-corrected chi connectivity index (χ0v) is 16.1. The van der Waals surface area contributed by atoms with Gasteiger partial charge in [0.1, 0.15) is 0 Å². The zero-order chi connectivity index (χ0) is 19.9. The van der Waals surface area contributed by atoms with Crippen molar-refractivity contribution in [3.63, 3.8) is 0 Å². The van der Waals surface area contributed by atoms with Gasteiger partial charge in [0.05, 0.1) is 22.9 Å². The van der Waals surface area contributed by atoms with Crippen molar-refractivity contribution in [1.29, 1.82) is 5.26 Å². The number of likely N-dealkylation sites (N-methyl/N-ethyl adjacent to an activating group) is 1. The van der Waals surface area contributed by atoms with Crippen LogP contribution in [0, 0.1) is 11.3 Å². The second kappa shape index (κ2) is 9.48. The number of piperidine rings is 1. The summed E-state index contributed by atoms with van der Waals surface area (Å²) in [6, 6.07) is 7.58. The summed E-state index contributed by atoms with van der Waals surface area (Å²) in [5, 5.41) is 8.52. The van der Waals surface area contributed by atoms with E-state index in [1.54, 1.807) is 0 Å². The Morgan fingerprint density at radius 3 is 2.63 bits per heavy atom. The zero-order valence-electron chi connectivity index (χ0n) is 15.3. The Hall–Kier alpha value is -2.44. The predicted molar refractivity (Wildman–Crippen MR) is 97.2 cm³/mol. The van der Waals surface area contributed by atoms with E-state index in [0.717, 1.165) is 19.3 Å². The lowest BCUT2D eigenvalue weighted by molar-refractivity contribution is -0.133. The van der Waals surface area contributed by atoms with E-state index in [4.69, 9.17) is 10.00 Å². The number of benzene rings is 1. The fourth-order valence-corrected chi connectivity index (χ4v) is 4.26. The number of carbonyl (C=O) groups is 2. The summed E-state index contributed by atoms with van der Waals surface area (Å²) < 4.78 is 31.8. The molecule has 0 atom stereocenters. The topological polar surface area (TPSA) is 108 Å². The van der Waals surface area contributed by atoms with Crippen molar-refractivity contribution >= 4 is 21.9 Å². The molecule has 1 aliphatic rings. The van der Waals surface area contributed by atoms with Gasteiger partial charge in [-0.15, -0.1) is 0 Å². The summed E-state index contributed by atoms with van der Waals surface area (Å²) in [5.74, 6) is -1.21. The normalized spacial score (nSPS) is 15.0. The second-order valence-electron chi connectivity index (χ2n) is 6.29. The minimum Gasteiger partial charge on any atom is -0.452 e. The van der Waals surface area contributed by atoms with Gasteiger partial charge < -0.3 is 9.64 Å². The van der Waals surface area contributed by atoms with Crippen molar-refractivity contribution in [3.05, 3.63) is 29.8 Å². The maximum absolute atomic E-state index is 12.7. The molecule has 0 aromatic heterocycles. The largest absolute Gasteiger partial charge is 0.452 e. The van der Waals surface area contributed by atoms with Crippen LogP contribution in [0.4, 0.5) is 0 Å². The maximum atomic E-state index is 12.7. The Bertz CT molecular complexity index is 826. The highest BCUT2D eigenvalue weighted by Gasteiger charge is 2.26. The number of nitrogens with zero attached hydrogens (tertiary/aromatic N) is 3. The molecule has 1 aromatic rings. The van der Waals surface area contributed by atoms with E-state index in [9.17, 15) is 18.0 Å². The SMILES string of the molecule is CN(CCC#N)C(=O)COC(=O)c1cccc(S(=O)(=O)N2CCCCC2)c1. The molecule has 1 amide bonds. The van der Waals surface area contributed by atoms with Crippen LogP contribution < -0.4 is 0 Å². The van der Waals surface area contributed by atoms with Crippen molar-refractivity contribution in [2.75, 3.05) is 33.3 Å². The van der Waals surface area contributed by atoms with Crippen LogP contribution in [-0.2, 0) is 19.6 Å². The van der Waals surface area contributed by atoms with Crippen LogP contribution in [0.2, 0.25) is 0 Å². The van der Waals surface area contributed by atoms with Crippen molar-refractivity contribution in [2.24, 2.45) is 0 Å². The molecule has 0 spiro atoms. The summed E-state index contributed by atoms with van der Waals surface area (Å²) in [7, 11) is -2.14. The van der Waals surface area contributed by atoms with E-state index in [2.05, 4.69) is 0 Å². The second-order valence-corrected chi connectivity index (χ2v) is 8.23. The van der Waals surface area contributed by atoms with E-state index >= 15 is 0 Å². The van der Waals surface area contributed by atoms with Gasteiger partial charge in [0, 0.05) is 26.7 Å². The number of hydrogen-bond acceptors (Lipinski definition) is 6. The molecule has 146 valence electrons. The van der Waals surface area contributed by atoms with Gasteiger partial charge in [-0.3, -0.25) is 4.79 Å². The lowest BCUT2D eigenvalue weighted by atomic mass is 10.2. The van der Waals surface area contributed by atoms with Crippen molar-refractivity contribution in [1.82, 2.24) is 9.21 Å². The van der Waals surface area contributed by atoms with Crippen LogP contribution in [0.5, 0.6) is 0 Å². The van der Waals surface area contributed by atoms with Gasteiger partial charge in [-0.2, -0.15) is 9.57 Å². The number of rotatable bonds is 7. The fraction of sp³-hybridized carbons (Fsp3) is 0.500. The monoisotopic (exact) mass is 393 g/mol. The van der Waals surface area contributed by atoms with Crippen LogP contribution in [0.3, 0.4) is 0 Å².